The van der Waals surface area contributed by atoms with Crippen molar-refractivity contribution in [2.24, 2.45) is 11.1 Å². The lowest BCUT2D eigenvalue weighted by molar-refractivity contribution is 0.0973. The minimum Gasteiger partial charge on any atom is -0.376 e. The topological polar surface area (TPSA) is 97.3 Å². The van der Waals surface area contributed by atoms with Gasteiger partial charge in [0.2, 0.25) is 0 Å². The largest absolute Gasteiger partial charge is 0.376 e. The first-order chi connectivity index (χ1) is 14.9. The molecule has 2 aliphatic rings. The van der Waals surface area contributed by atoms with Crippen LogP contribution in [0.1, 0.15) is 19.8 Å². The summed E-state index contributed by atoms with van der Waals surface area (Å²) in [5, 5.41) is 8.65. The molecule has 1 aromatic carbocycles. The summed E-state index contributed by atoms with van der Waals surface area (Å²) in [4.78, 5) is 15.0. The van der Waals surface area contributed by atoms with Gasteiger partial charge in [-0.1, -0.05) is 46.9 Å². The third-order valence-corrected chi connectivity index (χ3v) is 7.42. The summed E-state index contributed by atoms with van der Waals surface area (Å²) in [5.74, 6) is 0.735. The molecule has 2 atom stereocenters. The predicted molar refractivity (Wildman–Crippen MR) is 121 cm³/mol. The number of benzene rings is 1. The van der Waals surface area contributed by atoms with Gasteiger partial charge in [0.25, 0.3) is 5.82 Å². The van der Waals surface area contributed by atoms with E-state index in [-0.39, 0.29) is 23.4 Å². The Bertz CT molecular complexity index is 1200. The second-order valence-corrected chi connectivity index (χ2v) is 9.03. The molecule has 31 heavy (non-hydrogen) atoms. The molecule has 0 radical (unpaired) electrons. The number of hydrogen-bond acceptors (Lipinski definition) is 6. The number of nitrogens with two attached hydrogens (primary N) is 1. The summed E-state index contributed by atoms with van der Waals surface area (Å²) >= 11 is 12.6. The second kappa shape index (κ2) is 7.61. The van der Waals surface area contributed by atoms with Gasteiger partial charge in [0.15, 0.2) is 5.65 Å². The Labute approximate surface area is 189 Å². The SMILES string of the molecule is [C-]#[N+]c1nc(N2CCC3(CC2)CO[C@@H](C)[C@H]3N)nc2n[nH]c(-c3cccc(Cl)c3Cl)c12. The molecule has 2 saturated heterocycles. The summed E-state index contributed by atoms with van der Waals surface area (Å²) in [6, 6.07) is 5.36. The molecule has 3 aromatic rings. The monoisotopic (exact) mass is 457 g/mol. The van der Waals surface area contributed by atoms with Crippen LogP contribution in [0.25, 0.3) is 27.1 Å². The van der Waals surface area contributed by atoms with Crippen molar-refractivity contribution in [2.45, 2.75) is 31.9 Å². The van der Waals surface area contributed by atoms with E-state index in [1.807, 2.05) is 13.0 Å². The quantitative estimate of drug-likeness (QED) is 0.559. The Morgan fingerprint density at radius 3 is 2.74 bits per heavy atom. The summed E-state index contributed by atoms with van der Waals surface area (Å²) in [6.45, 7) is 11.9. The van der Waals surface area contributed by atoms with Crippen molar-refractivity contribution >= 4 is 46.0 Å². The highest BCUT2D eigenvalue weighted by atomic mass is 35.5. The third kappa shape index (κ3) is 3.24. The van der Waals surface area contributed by atoms with Crippen molar-refractivity contribution in [1.29, 1.82) is 0 Å². The molecule has 0 amide bonds. The number of nitrogens with zero attached hydrogens (tertiary/aromatic N) is 5. The Morgan fingerprint density at radius 1 is 1.29 bits per heavy atom. The smallest absolute Gasteiger partial charge is 0.324 e. The van der Waals surface area contributed by atoms with Crippen LogP contribution in [0.15, 0.2) is 18.2 Å². The summed E-state index contributed by atoms with van der Waals surface area (Å²) in [6.07, 6.45) is 1.88. The van der Waals surface area contributed by atoms with Crippen molar-refractivity contribution in [3.05, 3.63) is 39.7 Å². The number of H-pyrrole nitrogens is 1. The number of aromatic nitrogens is 4. The standard InChI is InChI=1S/C21H21Cl2N7O/c1-11-17(24)21(10-31-11)6-8-30(9-7-21)20-26-18(25-2)14-16(28-29-19(14)27-20)12-4-3-5-13(22)15(12)23/h3-5,11,17H,6-10,24H2,1H3,(H,26,27,28,29)/t11-,17+/m0/s1. The van der Waals surface area contributed by atoms with E-state index < -0.39 is 0 Å². The van der Waals surface area contributed by atoms with Crippen molar-refractivity contribution in [1.82, 2.24) is 20.2 Å². The molecule has 10 heteroatoms. The number of ether oxygens (including phenoxy) is 1. The van der Waals surface area contributed by atoms with Gasteiger partial charge in [0.05, 0.1) is 33.8 Å². The highest BCUT2D eigenvalue weighted by Gasteiger charge is 2.48. The first-order valence-corrected chi connectivity index (χ1v) is 10.9. The second-order valence-electron chi connectivity index (χ2n) is 8.25. The molecule has 2 aromatic heterocycles. The zero-order valence-corrected chi connectivity index (χ0v) is 18.4. The molecule has 3 N–H and O–H groups in total. The Morgan fingerprint density at radius 2 is 2.06 bits per heavy atom. The highest BCUT2D eigenvalue weighted by Crippen LogP contribution is 2.43. The summed E-state index contributed by atoms with van der Waals surface area (Å²) in [5.41, 5.74) is 8.10. The van der Waals surface area contributed by atoms with E-state index >= 15 is 0 Å². The third-order valence-electron chi connectivity index (χ3n) is 6.60. The number of hydrogen-bond donors (Lipinski definition) is 2. The Hall–Kier alpha value is -2.44. The highest BCUT2D eigenvalue weighted by molar-refractivity contribution is 6.43. The van der Waals surface area contributed by atoms with E-state index in [0.29, 0.717) is 44.9 Å². The number of rotatable bonds is 2. The van der Waals surface area contributed by atoms with Crippen molar-refractivity contribution in [3.8, 4) is 11.3 Å². The Balaban J connectivity index is 1.49. The van der Waals surface area contributed by atoms with Crippen molar-refractivity contribution < 1.29 is 4.74 Å². The molecule has 1 spiro atoms. The Kier molecular flexibility index (Phi) is 5.02. The van der Waals surface area contributed by atoms with Crippen LogP contribution in [0.5, 0.6) is 0 Å². The minimum atomic E-state index is 0.00543. The van der Waals surface area contributed by atoms with E-state index in [9.17, 15) is 0 Å². The number of anilines is 1. The van der Waals surface area contributed by atoms with E-state index in [0.717, 1.165) is 25.9 Å². The van der Waals surface area contributed by atoms with Crippen LogP contribution in [0, 0.1) is 12.0 Å². The predicted octanol–water partition coefficient (Wildman–Crippen LogP) is 4.21. The fourth-order valence-corrected chi connectivity index (χ4v) is 5.03. The summed E-state index contributed by atoms with van der Waals surface area (Å²) in [7, 11) is 0. The minimum absolute atomic E-state index is 0.00543. The molecule has 2 aliphatic heterocycles. The molecule has 4 heterocycles. The molecule has 5 rings (SSSR count). The maximum atomic E-state index is 7.69. The van der Waals surface area contributed by atoms with Gasteiger partial charge in [-0.2, -0.15) is 10.1 Å². The zero-order valence-electron chi connectivity index (χ0n) is 16.9. The molecule has 0 saturated carbocycles. The lowest BCUT2D eigenvalue weighted by Gasteiger charge is -2.40. The number of nitrogens with one attached hydrogen (secondary N) is 1. The number of fused-ring (bicyclic) bond motifs is 1. The van der Waals surface area contributed by atoms with E-state index in [1.165, 1.54) is 0 Å². The van der Waals surface area contributed by atoms with Gasteiger partial charge in [-0.05, 0) is 25.8 Å². The van der Waals surface area contributed by atoms with Crippen LogP contribution in [0.2, 0.25) is 10.0 Å². The number of piperidine rings is 1. The molecular weight excluding hydrogens is 437 g/mol. The first kappa shape index (κ1) is 20.5. The molecule has 0 bridgehead atoms. The van der Waals surface area contributed by atoms with Gasteiger partial charge in [-0.3, -0.25) is 5.10 Å². The van der Waals surface area contributed by atoms with Gasteiger partial charge in [0.1, 0.15) is 0 Å². The van der Waals surface area contributed by atoms with E-state index in [2.05, 4.69) is 29.9 Å². The molecule has 0 aliphatic carbocycles. The van der Waals surface area contributed by atoms with E-state index in [1.54, 1.807) is 12.1 Å². The maximum Gasteiger partial charge on any atom is 0.324 e. The van der Waals surface area contributed by atoms with Crippen LogP contribution in [-0.2, 0) is 4.74 Å². The van der Waals surface area contributed by atoms with Crippen LogP contribution in [0.4, 0.5) is 11.8 Å². The number of halogens is 2. The van der Waals surface area contributed by atoms with Gasteiger partial charge < -0.3 is 20.2 Å². The molecule has 0 unspecified atom stereocenters. The lowest BCUT2D eigenvalue weighted by Crippen LogP contribution is -2.50. The van der Waals surface area contributed by atoms with Crippen LogP contribution >= 0.6 is 23.2 Å². The molecule has 2 fully saturated rings. The maximum absolute atomic E-state index is 7.69. The lowest BCUT2D eigenvalue weighted by atomic mass is 9.73. The molecule has 8 nitrogen and oxygen atoms in total. The van der Waals surface area contributed by atoms with Crippen molar-refractivity contribution in [3.63, 3.8) is 0 Å². The van der Waals surface area contributed by atoms with Gasteiger partial charge in [-0.25, -0.2) is 0 Å². The van der Waals surface area contributed by atoms with Crippen LogP contribution < -0.4 is 10.6 Å². The average molecular weight is 458 g/mol. The fourth-order valence-electron chi connectivity index (χ4n) is 4.63. The van der Waals surface area contributed by atoms with Gasteiger partial charge in [-0.15, -0.1) is 0 Å². The van der Waals surface area contributed by atoms with Crippen LogP contribution in [0.3, 0.4) is 0 Å². The first-order valence-electron chi connectivity index (χ1n) is 10.1. The molecular formula is C21H21Cl2N7O. The fraction of sp³-hybridized carbons (Fsp3) is 0.429. The normalized spacial score (nSPS) is 22.9. The van der Waals surface area contributed by atoms with Gasteiger partial charge >= 0.3 is 5.95 Å². The zero-order chi connectivity index (χ0) is 21.8. The van der Waals surface area contributed by atoms with Crippen molar-refractivity contribution in [2.75, 3.05) is 24.6 Å². The number of aromatic amines is 1. The van der Waals surface area contributed by atoms with Crippen LogP contribution in [-0.4, -0.2) is 52.0 Å². The average Bonchev–Trinajstić information content (AvgIpc) is 3.33. The summed E-state index contributed by atoms with van der Waals surface area (Å²) < 4.78 is 5.81. The van der Waals surface area contributed by atoms with E-state index in [4.69, 9.17) is 40.2 Å². The molecule has 160 valence electrons. The van der Waals surface area contributed by atoms with Gasteiger partial charge in [0, 0.05) is 30.1 Å².